The lowest BCUT2D eigenvalue weighted by molar-refractivity contribution is -0.207. The number of hydrogen-bond donors (Lipinski definition) is 2. The van der Waals surface area contributed by atoms with Gasteiger partial charge in [0.1, 0.15) is 23.7 Å². The zero-order chi connectivity index (χ0) is 37.6. The Morgan fingerprint density at radius 1 is 0.769 bits per heavy atom. The first-order valence-electron chi connectivity index (χ1n) is 16.1. The van der Waals surface area contributed by atoms with Gasteiger partial charge >= 0.3 is 6.18 Å². The normalized spacial score (nSPS) is 14.9. The Morgan fingerprint density at radius 2 is 1.40 bits per heavy atom. The molecule has 1 aliphatic rings. The summed E-state index contributed by atoms with van der Waals surface area (Å²) in [7, 11) is 0. The molecule has 17 heteroatoms. The van der Waals surface area contributed by atoms with Gasteiger partial charge in [-0.2, -0.15) is 22.0 Å². The molecule has 2 atom stereocenters. The van der Waals surface area contributed by atoms with Crippen molar-refractivity contribution in [3.63, 3.8) is 0 Å². The number of aliphatic hydroxyl groups is 2. The third-order valence-electron chi connectivity index (χ3n) is 8.21. The van der Waals surface area contributed by atoms with E-state index in [2.05, 4.69) is 30.4 Å². The second-order valence-corrected chi connectivity index (χ2v) is 12.3. The molecule has 1 aliphatic heterocycles. The monoisotopic (exact) mass is 732 g/mol. The highest BCUT2D eigenvalue weighted by Crippen LogP contribution is 2.43. The Labute approximate surface area is 294 Å². The second-order valence-electron chi connectivity index (χ2n) is 12.3. The van der Waals surface area contributed by atoms with Gasteiger partial charge in [-0.15, -0.1) is 5.10 Å². The summed E-state index contributed by atoms with van der Waals surface area (Å²) in [6.07, 6.45) is -3.98. The van der Waals surface area contributed by atoms with Crippen LogP contribution in [0.4, 0.5) is 42.1 Å². The first-order chi connectivity index (χ1) is 24.6. The first kappa shape index (κ1) is 38.1. The van der Waals surface area contributed by atoms with Crippen molar-refractivity contribution in [3.05, 3.63) is 114 Å². The fourth-order valence-corrected chi connectivity index (χ4v) is 5.62. The molecule has 5 aromatic rings. The molecule has 10 nitrogen and oxygen atoms in total. The number of pyridine rings is 2. The number of aliphatic hydroxyl groups excluding tert-OH is 2. The molecule has 2 unspecified atom stereocenters. The molecule has 0 aliphatic carbocycles. The van der Waals surface area contributed by atoms with E-state index in [0.29, 0.717) is 49.1 Å². The van der Waals surface area contributed by atoms with Crippen LogP contribution in [0.3, 0.4) is 0 Å². The number of rotatable bonds is 9. The van der Waals surface area contributed by atoms with Crippen molar-refractivity contribution >= 4 is 11.4 Å². The van der Waals surface area contributed by atoms with Gasteiger partial charge in [0.25, 0.3) is 5.92 Å². The minimum Gasteiger partial charge on any atom is -0.394 e. The number of tetrazole rings is 1. The van der Waals surface area contributed by atoms with E-state index < -0.39 is 59.3 Å². The van der Waals surface area contributed by atoms with Crippen LogP contribution in [0.2, 0.25) is 0 Å². The number of alkyl halides is 5. The lowest BCUT2D eigenvalue weighted by Gasteiger charge is -2.37. The van der Waals surface area contributed by atoms with E-state index >= 15 is 8.78 Å². The van der Waals surface area contributed by atoms with Crippen molar-refractivity contribution < 1.29 is 40.9 Å². The Hall–Kier alpha value is -5.16. The number of halogens is 7. The van der Waals surface area contributed by atoms with Crippen molar-refractivity contribution in [2.75, 3.05) is 36.0 Å². The molecule has 0 spiro atoms. The SMILES string of the molecule is CC(C)O.OC(c1cc(N2CCN(c3ccc(-c4ccc(C(F)(F)C(Cn5cnnn5)c5ccc(F)cc5F)nc4)cc3)CC2)ccn1)C(F)(F)F. The molecular weight excluding hydrogens is 697 g/mol. The van der Waals surface area contributed by atoms with E-state index in [0.717, 1.165) is 34.9 Å². The fourth-order valence-electron chi connectivity index (χ4n) is 5.62. The third kappa shape index (κ3) is 9.19. The molecule has 52 heavy (non-hydrogen) atoms. The molecule has 276 valence electrons. The van der Waals surface area contributed by atoms with Gasteiger partial charge < -0.3 is 20.0 Å². The number of hydrogen-bond acceptors (Lipinski definition) is 9. The summed E-state index contributed by atoms with van der Waals surface area (Å²) in [5.41, 5.74) is 1.21. The Bertz CT molecular complexity index is 1880. The van der Waals surface area contributed by atoms with Crippen LogP contribution in [0.15, 0.2) is 85.5 Å². The highest BCUT2D eigenvalue weighted by molar-refractivity contribution is 5.66. The quantitative estimate of drug-likeness (QED) is 0.169. The van der Waals surface area contributed by atoms with Crippen molar-refractivity contribution in [3.8, 4) is 11.1 Å². The van der Waals surface area contributed by atoms with E-state index in [1.54, 1.807) is 19.9 Å². The van der Waals surface area contributed by atoms with Gasteiger partial charge in [-0.1, -0.05) is 24.3 Å². The van der Waals surface area contributed by atoms with Crippen molar-refractivity contribution in [1.29, 1.82) is 0 Å². The van der Waals surface area contributed by atoms with Crippen LogP contribution in [-0.4, -0.2) is 78.8 Å². The van der Waals surface area contributed by atoms with E-state index in [4.69, 9.17) is 5.11 Å². The molecule has 0 amide bonds. The lowest BCUT2D eigenvalue weighted by Crippen LogP contribution is -2.46. The number of benzene rings is 2. The molecule has 4 heterocycles. The highest BCUT2D eigenvalue weighted by atomic mass is 19.4. The van der Waals surface area contributed by atoms with Crippen LogP contribution in [0, 0.1) is 11.6 Å². The largest absolute Gasteiger partial charge is 0.420 e. The summed E-state index contributed by atoms with van der Waals surface area (Å²) >= 11 is 0. The van der Waals surface area contributed by atoms with Crippen molar-refractivity contribution in [2.24, 2.45) is 0 Å². The Balaban J connectivity index is 0.00000124. The first-order valence-corrected chi connectivity index (χ1v) is 16.1. The number of piperazine rings is 1. The van der Waals surface area contributed by atoms with Crippen LogP contribution >= 0.6 is 0 Å². The average molecular weight is 733 g/mol. The van der Waals surface area contributed by atoms with Crippen molar-refractivity contribution in [2.45, 2.75) is 50.6 Å². The Kier molecular flexibility index (Phi) is 11.7. The van der Waals surface area contributed by atoms with Gasteiger partial charge in [-0.25, -0.2) is 13.5 Å². The van der Waals surface area contributed by atoms with E-state index in [9.17, 15) is 27.1 Å². The maximum absolute atomic E-state index is 15.9. The average Bonchev–Trinajstić information content (AvgIpc) is 3.64. The molecule has 2 aromatic carbocycles. The number of anilines is 2. The maximum Gasteiger partial charge on any atom is 0.420 e. The molecule has 1 fully saturated rings. The molecule has 0 radical (unpaired) electrons. The van der Waals surface area contributed by atoms with E-state index in [-0.39, 0.29) is 6.10 Å². The predicted octanol–water partition coefficient (Wildman–Crippen LogP) is 6.29. The topological polar surface area (TPSA) is 116 Å². The maximum atomic E-state index is 15.9. The zero-order valence-electron chi connectivity index (χ0n) is 28.0. The van der Waals surface area contributed by atoms with E-state index in [1.165, 1.54) is 24.5 Å². The third-order valence-corrected chi connectivity index (χ3v) is 8.21. The number of aromatic nitrogens is 6. The lowest BCUT2D eigenvalue weighted by atomic mass is 9.89. The summed E-state index contributed by atoms with van der Waals surface area (Å²) in [6.45, 7) is 5.13. The standard InChI is InChI=1S/C32H27F7N8O.C3H8O/c33-22-4-7-25(27(34)15-22)26(18-47-19-42-43-44-47)31(35,36)29-8-3-21(17-41-29)20-1-5-23(6-2-20)45-11-13-46(14-12-45)24-9-10-40-28(16-24)30(48)32(37,38)39;1-3(2)4/h1-10,15-17,19,26,30,48H,11-14,18H2;3-4H,1-2H3. The minimum atomic E-state index is -4.81. The van der Waals surface area contributed by atoms with Crippen molar-refractivity contribution in [1.82, 2.24) is 30.2 Å². The highest BCUT2D eigenvalue weighted by Gasteiger charge is 2.45. The number of nitrogens with zero attached hydrogens (tertiary/aromatic N) is 8. The molecule has 0 bridgehead atoms. The molecule has 1 saturated heterocycles. The molecule has 0 saturated carbocycles. The van der Waals surface area contributed by atoms with Gasteiger partial charge in [0.15, 0.2) is 6.10 Å². The smallest absolute Gasteiger partial charge is 0.394 e. The second kappa shape index (κ2) is 16.0. The predicted molar refractivity (Wildman–Crippen MR) is 178 cm³/mol. The summed E-state index contributed by atoms with van der Waals surface area (Å²) in [6, 6.07) is 15.3. The molecule has 3 aromatic heterocycles. The zero-order valence-corrected chi connectivity index (χ0v) is 28.0. The minimum absolute atomic E-state index is 0.167. The van der Waals surface area contributed by atoms with Gasteiger partial charge in [-0.3, -0.25) is 9.97 Å². The summed E-state index contributed by atoms with van der Waals surface area (Å²) in [5.74, 6) is -7.51. The molecule has 2 N–H and O–H groups in total. The summed E-state index contributed by atoms with van der Waals surface area (Å²) in [5, 5.41) is 28.1. The fraction of sp³-hybridized carbons (Fsp3) is 0.343. The van der Waals surface area contributed by atoms with Gasteiger partial charge in [0.2, 0.25) is 0 Å². The Morgan fingerprint density at radius 3 is 1.96 bits per heavy atom. The van der Waals surface area contributed by atoms with Crippen LogP contribution in [0.1, 0.15) is 42.8 Å². The van der Waals surface area contributed by atoms with Gasteiger partial charge in [-0.05, 0) is 71.8 Å². The van der Waals surface area contributed by atoms with Crippen LogP contribution in [-0.2, 0) is 12.5 Å². The van der Waals surface area contributed by atoms with Crippen LogP contribution in [0.5, 0.6) is 0 Å². The molecular formula is C35H35F7N8O2. The summed E-state index contributed by atoms with van der Waals surface area (Å²) < 4.78 is 100. The van der Waals surface area contributed by atoms with E-state index in [1.807, 2.05) is 29.2 Å². The van der Waals surface area contributed by atoms with Crippen LogP contribution < -0.4 is 9.80 Å². The summed E-state index contributed by atoms with van der Waals surface area (Å²) in [4.78, 5) is 11.7. The van der Waals surface area contributed by atoms with Crippen LogP contribution in [0.25, 0.3) is 11.1 Å². The van der Waals surface area contributed by atoms with Gasteiger partial charge in [0.05, 0.1) is 18.2 Å². The van der Waals surface area contributed by atoms with Gasteiger partial charge in [0, 0.05) is 67.7 Å². The molecule has 6 rings (SSSR count).